The number of thiazole rings is 1. The van der Waals surface area contributed by atoms with Crippen LogP contribution in [-0.2, 0) is 13.0 Å². The Labute approximate surface area is 166 Å². The SMILES string of the molecule is COc1cc(C(=O)N2CCc3sccc3C2C)ccc1OCc1cscn1. The smallest absolute Gasteiger partial charge is 0.254 e. The molecule has 1 aromatic carbocycles. The highest BCUT2D eigenvalue weighted by Gasteiger charge is 2.29. The average Bonchev–Trinajstić information content (AvgIpc) is 3.38. The van der Waals surface area contributed by atoms with E-state index >= 15 is 0 Å². The fourth-order valence-electron chi connectivity index (χ4n) is 3.33. The second-order valence-corrected chi connectivity index (χ2v) is 8.08. The van der Waals surface area contributed by atoms with Crippen LogP contribution in [0.4, 0.5) is 0 Å². The topological polar surface area (TPSA) is 51.7 Å². The lowest BCUT2D eigenvalue weighted by molar-refractivity contribution is 0.0679. The summed E-state index contributed by atoms with van der Waals surface area (Å²) in [5.74, 6) is 1.18. The largest absolute Gasteiger partial charge is 0.493 e. The van der Waals surface area contributed by atoms with Crippen molar-refractivity contribution in [1.82, 2.24) is 9.88 Å². The minimum Gasteiger partial charge on any atom is -0.493 e. The molecule has 0 radical (unpaired) electrons. The Morgan fingerprint density at radius 3 is 3.00 bits per heavy atom. The minimum absolute atomic E-state index is 0.0173. The molecule has 0 fully saturated rings. The van der Waals surface area contributed by atoms with Gasteiger partial charge in [-0.05, 0) is 48.6 Å². The van der Waals surface area contributed by atoms with Crippen LogP contribution in [0, 0.1) is 0 Å². The molecule has 27 heavy (non-hydrogen) atoms. The lowest BCUT2D eigenvalue weighted by atomic mass is 10.0. The molecule has 0 saturated heterocycles. The molecule has 0 N–H and O–H groups in total. The van der Waals surface area contributed by atoms with Gasteiger partial charge in [0.15, 0.2) is 11.5 Å². The van der Waals surface area contributed by atoms with Crippen LogP contribution in [0.5, 0.6) is 11.5 Å². The van der Waals surface area contributed by atoms with Crippen LogP contribution >= 0.6 is 22.7 Å². The van der Waals surface area contributed by atoms with Crippen molar-refractivity contribution >= 4 is 28.6 Å². The third-order valence-corrected chi connectivity index (χ3v) is 6.44. The van der Waals surface area contributed by atoms with Crippen LogP contribution in [0.1, 0.15) is 39.5 Å². The number of carbonyl (C=O) groups excluding carboxylic acids is 1. The number of benzene rings is 1. The zero-order valence-electron chi connectivity index (χ0n) is 15.2. The third-order valence-electron chi connectivity index (χ3n) is 4.81. The molecule has 1 amide bonds. The molecule has 3 heterocycles. The number of fused-ring (bicyclic) bond motifs is 1. The molecule has 0 bridgehead atoms. The molecule has 0 aliphatic carbocycles. The summed E-state index contributed by atoms with van der Waals surface area (Å²) in [4.78, 5) is 20.6. The Hall–Kier alpha value is -2.38. The van der Waals surface area contributed by atoms with E-state index in [0.29, 0.717) is 23.7 Å². The Kier molecular flexibility index (Phi) is 5.13. The van der Waals surface area contributed by atoms with Gasteiger partial charge in [-0.1, -0.05) is 0 Å². The quantitative estimate of drug-likeness (QED) is 0.630. The molecule has 0 saturated carbocycles. The first-order valence-corrected chi connectivity index (χ1v) is 10.5. The number of thiophene rings is 1. The lowest BCUT2D eigenvalue weighted by Gasteiger charge is -2.33. The van der Waals surface area contributed by atoms with Crippen LogP contribution in [-0.4, -0.2) is 29.4 Å². The molecular weight excluding hydrogens is 380 g/mol. The Balaban J connectivity index is 1.52. The number of amides is 1. The van der Waals surface area contributed by atoms with Crippen LogP contribution < -0.4 is 9.47 Å². The molecule has 0 spiro atoms. The van der Waals surface area contributed by atoms with E-state index in [4.69, 9.17) is 9.47 Å². The second-order valence-electron chi connectivity index (χ2n) is 6.36. The first-order valence-electron chi connectivity index (χ1n) is 8.72. The molecule has 1 aliphatic heterocycles. The highest BCUT2D eigenvalue weighted by atomic mass is 32.1. The summed E-state index contributed by atoms with van der Waals surface area (Å²) in [5.41, 5.74) is 4.51. The molecule has 1 atom stereocenters. The molecule has 4 rings (SSSR count). The maximum Gasteiger partial charge on any atom is 0.254 e. The molecule has 7 heteroatoms. The summed E-state index contributed by atoms with van der Waals surface area (Å²) in [7, 11) is 1.58. The third kappa shape index (κ3) is 3.57. The zero-order valence-corrected chi connectivity index (χ0v) is 16.8. The standard InChI is InChI=1S/C20H20N2O3S2/c1-13-16-6-8-27-19(16)5-7-22(13)20(23)14-3-4-17(18(9-14)24-2)25-10-15-11-26-12-21-15/h3-4,6,8-9,11-13H,5,7,10H2,1-2H3. The fourth-order valence-corrected chi connectivity index (χ4v) is 4.84. The van der Waals surface area contributed by atoms with Crippen molar-refractivity contribution in [1.29, 1.82) is 0 Å². The van der Waals surface area contributed by atoms with Gasteiger partial charge in [-0.2, -0.15) is 0 Å². The predicted molar refractivity (Wildman–Crippen MR) is 107 cm³/mol. The van der Waals surface area contributed by atoms with Crippen LogP contribution in [0.3, 0.4) is 0 Å². The molecule has 1 aliphatic rings. The first kappa shape index (κ1) is 18.0. The van der Waals surface area contributed by atoms with E-state index in [0.717, 1.165) is 18.7 Å². The van der Waals surface area contributed by atoms with Crippen LogP contribution in [0.2, 0.25) is 0 Å². The van der Waals surface area contributed by atoms with Gasteiger partial charge in [0.2, 0.25) is 0 Å². The second kappa shape index (κ2) is 7.70. The summed E-state index contributed by atoms with van der Waals surface area (Å²) in [6.07, 6.45) is 0.912. The van der Waals surface area contributed by atoms with Gasteiger partial charge in [-0.25, -0.2) is 4.98 Å². The van der Waals surface area contributed by atoms with Gasteiger partial charge in [0.1, 0.15) is 6.61 Å². The molecule has 2 aromatic heterocycles. The maximum atomic E-state index is 13.1. The van der Waals surface area contributed by atoms with E-state index in [1.165, 1.54) is 21.8 Å². The molecular formula is C20H20N2O3S2. The van der Waals surface area contributed by atoms with E-state index in [2.05, 4.69) is 23.4 Å². The van der Waals surface area contributed by atoms with Gasteiger partial charge >= 0.3 is 0 Å². The van der Waals surface area contributed by atoms with Crippen LogP contribution in [0.15, 0.2) is 40.5 Å². The summed E-state index contributed by atoms with van der Waals surface area (Å²) < 4.78 is 11.3. The maximum absolute atomic E-state index is 13.1. The van der Waals surface area contributed by atoms with Crippen molar-refractivity contribution in [2.75, 3.05) is 13.7 Å². The number of hydrogen-bond donors (Lipinski definition) is 0. The first-order chi connectivity index (χ1) is 13.2. The van der Waals surface area contributed by atoms with Crippen molar-refractivity contribution in [3.8, 4) is 11.5 Å². The highest BCUT2D eigenvalue weighted by molar-refractivity contribution is 7.10. The van der Waals surface area contributed by atoms with Gasteiger partial charge in [-0.3, -0.25) is 4.79 Å². The Morgan fingerprint density at radius 1 is 1.33 bits per heavy atom. The Bertz CT molecular complexity index is 937. The van der Waals surface area contributed by atoms with E-state index < -0.39 is 0 Å². The monoisotopic (exact) mass is 400 g/mol. The normalized spacial score (nSPS) is 16.1. The van der Waals surface area contributed by atoms with E-state index in [9.17, 15) is 4.79 Å². The number of ether oxygens (including phenoxy) is 2. The molecule has 5 nitrogen and oxygen atoms in total. The van der Waals surface area contributed by atoms with E-state index in [1.54, 1.807) is 42.2 Å². The molecule has 3 aromatic rings. The van der Waals surface area contributed by atoms with Gasteiger partial charge in [0, 0.05) is 22.4 Å². The highest BCUT2D eigenvalue weighted by Crippen LogP contribution is 2.35. The minimum atomic E-state index is 0.0173. The zero-order chi connectivity index (χ0) is 18.8. The number of carbonyl (C=O) groups is 1. The summed E-state index contributed by atoms with van der Waals surface area (Å²) in [6.45, 7) is 3.19. The predicted octanol–water partition coefficient (Wildman–Crippen LogP) is 4.55. The van der Waals surface area contributed by atoms with Gasteiger partial charge in [0.25, 0.3) is 5.91 Å². The van der Waals surface area contributed by atoms with Gasteiger partial charge in [0.05, 0.1) is 24.4 Å². The molecule has 1 unspecified atom stereocenters. The lowest BCUT2D eigenvalue weighted by Crippen LogP contribution is -2.38. The average molecular weight is 401 g/mol. The van der Waals surface area contributed by atoms with Crippen molar-refractivity contribution in [2.24, 2.45) is 0 Å². The van der Waals surface area contributed by atoms with Crippen molar-refractivity contribution in [3.63, 3.8) is 0 Å². The number of hydrogen-bond acceptors (Lipinski definition) is 6. The van der Waals surface area contributed by atoms with Gasteiger partial charge in [-0.15, -0.1) is 22.7 Å². The summed E-state index contributed by atoms with van der Waals surface area (Å²) in [6, 6.07) is 7.56. The number of methoxy groups -OCH3 is 1. The van der Waals surface area contributed by atoms with Crippen molar-refractivity contribution in [2.45, 2.75) is 26.0 Å². The summed E-state index contributed by atoms with van der Waals surface area (Å²) in [5, 5.41) is 4.05. The van der Waals surface area contributed by atoms with Crippen LogP contribution in [0.25, 0.3) is 0 Å². The van der Waals surface area contributed by atoms with Gasteiger partial charge < -0.3 is 14.4 Å². The van der Waals surface area contributed by atoms with Crippen molar-refractivity contribution < 1.29 is 14.3 Å². The number of rotatable bonds is 5. The fraction of sp³-hybridized carbons (Fsp3) is 0.300. The van der Waals surface area contributed by atoms with E-state index in [-0.39, 0.29) is 11.9 Å². The van der Waals surface area contributed by atoms with Crippen molar-refractivity contribution in [3.05, 3.63) is 62.2 Å². The number of aromatic nitrogens is 1. The Morgan fingerprint density at radius 2 is 2.22 bits per heavy atom. The summed E-state index contributed by atoms with van der Waals surface area (Å²) >= 11 is 3.30. The number of nitrogens with zero attached hydrogens (tertiary/aromatic N) is 2. The van der Waals surface area contributed by atoms with E-state index in [1.807, 2.05) is 10.3 Å². The molecule has 140 valence electrons.